The third kappa shape index (κ3) is 6.10. The molecule has 1 heterocycles. The van der Waals surface area contributed by atoms with Crippen LogP contribution in [-0.2, 0) is 19.3 Å². The van der Waals surface area contributed by atoms with Gasteiger partial charge in [0.25, 0.3) is 0 Å². The van der Waals surface area contributed by atoms with Gasteiger partial charge in [0.1, 0.15) is 0 Å². The van der Waals surface area contributed by atoms with E-state index in [1.807, 2.05) is 11.3 Å². The molecule has 1 aliphatic rings. The third-order valence-corrected chi connectivity index (χ3v) is 4.61. The lowest BCUT2D eigenvalue weighted by Crippen LogP contribution is -2.37. The molecule has 1 aliphatic carbocycles. The molecule has 1 aromatic rings. The molecule has 6 heteroatoms. The monoisotopic (exact) mass is 422 g/mol. The molecule has 0 radical (unpaired) electrons. The molecule has 120 valence electrons. The molecule has 0 amide bonds. The standard InChI is InChI=1S/C15H26N4S.HI/c1-3-16-15(17-4-2)18-11-7-10-14-19-12-8-5-6-9-13(12)20-14;/h3-11H2,1-2H3,(H2,16,17,18);1H. The molecule has 0 saturated heterocycles. The Morgan fingerprint density at radius 1 is 1.19 bits per heavy atom. The molecule has 0 aliphatic heterocycles. The lowest BCUT2D eigenvalue weighted by molar-refractivity contribution is 0.679. The van der Waals surface area contributed by atoms with Crippen LogP contribution in [0.25, 0.3) is 0 Å². The highest BCUT2D eigenvalue weighted by atomic mass is 127. The summed E-state index contributed by atoms with van der Waals surface area (Å²) in [6.45, 7) is 6.86. The number of guanidine groups is 1. The average molecular weight is 422 g/mol. The quantitative estimate of drug-likeness (QED) is 0.321. The van der Waals surface area contributed by atoms with Crippen LogP contribution in [0.3, 0.4) is 0 Å². The lowest BCUT2D eigenvalue weighted by atomic mass is 10.0. The normalized spacial score (nSPS) is 13.0. The Balaban J connectivity index is 0.00000220. The highest BCUT2D eigenvalue weighted by Crippen LogP contribution is 2.27. The number of halogens is 1. The van der Waals surface area contributed by atoms with E-state index in [4.69, 9.17) is 4.98 Å². The fraction of sp³-hybridized carbons (Fsp3) is 0.733. The summed E-state index contributed by atoms with van der Waals surface area (Å²) in [5.41, 5.74) is 1.38. The second-order valence-electron chi connectivity index (χ2n) is 5.08. The zero-order valence-corrected chi connectivity index (χ0v) is 16.2. The van der Waals surface area contributed by atoms with E-state index in [1.165, 1.54) is 41.3 Å². The van der Waals surface area contributed by atoms with Crippen molar-refractivity contribution in [2.24, 2.45) is 4.99 Å². The van der Waals surface area contributed by atoms with Crippen LogP contribution in [-0.4, -0.2) is 30.6 Å². The number of nitrogens with zero attached hydrogens (tertiary/aromatic N) is 2. The first kappa shape index (κ1) is 18.7. The van der Waals surface area contributed by atoms with Crippen molar-refractivity contribution in [2.45, 2.75) is 52.4 Å². The van der Waals surface area contributed by atoms with Crippen LogP contribution in [0.5, 0.6) is 0 Å². The van der Waals surface area contributed by atoms with Crippen LogP contribution in [0.4, 0.5) is 0 Å². The van der Waals surface area contributed by atoms with Gasteiger partial charge in [-0.05, 0) is 46.0 Å². The van der Waals surface area contributed by atoms with Crippen LogP contribution in [0.2, 0.25) is 0 Å². The fourth-order valence-corrected chi connectivity index (χ4v) is 3.64. The van der Waals surface area contributed by atoms with Crippen molar-refractivity contribution in [3.05, 3.63) is 15.6 Å². The molecule has 0 atom stereocenters. The van der Waals surface area contributed by atoms with Gasteiger partial charge in [0.05, 0.1) is 10.7 Å². The van der Waals surface area contributed by atoms with E-state index >= 15 is 0 Å². The molecule has 0 unspecified atom stereocenters. The topological polar surface area (TPSA) is 49.3 Å². The van der Waals surface area contributed by atoms with Crippen LogP contribution in [0.15, 0.2) is 4.99 Å². The molecule has 4 nitrogen and oxygen atoms in total. The van der Waals surface area contributed by atoms with Crippen molar-refractivity contribution in [3.63, 3.8) is 0 Å². The van der Waals surface area contributed by atoms with Crippen molar-refractivity contribution in [1.82, 2.24) is 15.6 Å². The van der Waals surface area contributed by atoms with Crippen molar-refractivity contribution in [2.75, 3.05) is 19.6 Å². The van der Waals surface area contributed by atoms with E-state index in [0.717, 1.165) is 38.4 Å². The molecule has 0 saturated carbocycles. The molecular weight excluding hydrogens is 395 g/mol. The highest BCUT2D eigenvalue weighted by molar-refractivity contribution is 14.0. The maximum atomic E-state index is 4.78. The maximum absolute atomic E-state index is 4.78. The van der Waals surface area contributed by atoms with E-state index in [-0.39, 0.29) is 24.0 Å². The number of fused-ring (bicyclic) bond motifs is 1. The zero-order valence-electron chi connectivity index (χ0n) is 13.1. The molecule has 0 bridgehead atoms. The van der Waals surface area contributed by atoms with Crippen molar-refractivity contribution in [3.8, 4) is 0 Å². The molecule has 1 aromatic heterocycles. The van der Waals surface area contributed by atoms with E-state index in [2.05, 4.69) is 29.5 Å². The summed E-state index contributed by atoms with van der Waals surface area (Å²) in [6, 6.07) is 0. The van der Waals surface area contributed by atoms with Gasteiger partial charge in [0.15, 0.2) is 5.96 Å². The molecule has 21 heavy (non-hydrogen) atoms. The van der Waals surface area contributed by atoms with Crippen LogP contribution in [0.1, 0.15) is 48.7 Å². The summed E-state index contributed by atoms with van der Waals surface area (Å²) in [7, 11) is 0. The highest BCUT2D eigenvalue weighted by Gasteiger charge is 2.14. The minimum atomic E-state index is 0. The summed E-state index contributed by atoms with van der Waals surface area (Å²) >= 11 is 1.92. The Labute approximate surface area is 149 Å². The Morgan fingerprint density at radius 3 is 2.57 bits per heavy atom. The van der Waals surface area contributed by atoms with Gasteiger partial charge in [-0.1, -0.05) is 0 Å². The van der Waals surface area contributed by atoms with Crippen molar-refractivity contribution in [1.29, 1.82) is 0 Å². The summed E-state index contributed by atoms with van der Waals surface area (Å²) in [6.07, 6.45) is 7.23. The predicted molar refractivity (Wildman–Crippen MR) is 102 cm³/mol. The average Bonchev–Trinajstić information content (AvgIpc) is 2.86. The smallest absolute Gasteiger partial charge is 0.191 e. The molecular formula is C15H27IN4S. The van der Waals surface area contributed by atoms with Gasteiger partial charge in [0.2, 0.25) is 0 Å². The van der Waals surface area contributed by atoms with Gasteiger partial charge in [0, 0.05) is 30.9 Å². The number of nitrogens with one attached hydrogen (secondary N) is 2. The first-order chi connectivity index (χ1) is 9.83. The Morgan fingerprint density at radius 2 is 1.90 bits per heavy atom. The van der Waals surface area contributed by atoms with Gasteiger partial charge < -0.3 is 10.6 Å². The van der Waals surface area contributed by atoms with E-state index in [1.54, 1.807) is 0 Å². The first-order valence-corrected chi connectivity index (χ1v) is 8.64. The summed E-state index contributed by atoms with van der Waals surface area (Å²) in [5, 5.41) is 7.80. The third-order valence-electron chi connectivity index (χ3n) is 3.40. The van der Waals surface area contributed by atoms with Gasteiger partial charge in [-0.25, -0.2) is 4.98 Å². The summed E-state index contributed by atoms with van der Waals surface area (Å²) in [4.78, 5) is 10.9. The number of thiazole rings is 1. The largest absolute Gasteiger partial charge is 0.357 e. The van der Waals surface area contributed by atoms with E-state index < -0.39 is 0 Å². The van der Waals surface area contributed by atoms with Crippen LogP contribution < -0.4 is 10.6 Å². The number of aryl methyl sites for hydroxylation is 3. The summed E-state index contributed by atoms with van der Waals surface area (Å²) < 4.78 is 0. The summed E-state index contributed by atoms with van der Waals surface area (Å²) in [5.74, 6) is 0.924. The second-order valence-corrected chi connectivity index (χ2v) is 6.25. The van der Waals surface area contributed by atoms with Crippen molar-refractivity contribution < 1.29 is 0 Å². The molecule has 0 spiro atoms. The molecule has 0 aromatic carbocycles. The Hall–Kier alpha value is -0.370. The van der Waals surface area contributed by atoms with E-state index in [0.29, 0.717) is 0 Å². The SMILES string of the molecule is CCNC(=NCCCc1nc2c(s1)CCCC2)NCC.I. The zero-order chi connectivity index (χ0) is 14.2. The van der Waals surface area contributed by atoms with Crippen LogP contribution >= 0.6 is 35.3 Å². The van der Waals surface area contributed by atoms with Crippen molar-refractivity contribution >= 4 is 41.3 Å². The first-order valence-electron chi connectivity index (χ1n) is 7.83. The molecule has 2 rings (SSSR count). The second kappa shape index (κ2) is 10.4. The number of hydrogen-bond acceptors (Lipinski definition) is 3. The number of aromatic nitrogens is 1. The molecule has 0 fully saturated rings. The minimum Gasteiger partial charge on any atom is -0.357 e. The number of rotatable bonds is 6. The van der Waals surface area contributed by atoms with Gasteiger partial charge in [-0.15, -0.1) is 35.3 Å². The maximum Gasteiger partial charge on any atom is 0.191 e. The van der Waals surface area contributed by atoms with Gasteiger partial charge in [-0.3, -0.25) is 4.99 Å². The lowest BCUT2D eigenvalue weighted by Gasteiger charge is -2.08. The van der Waals surface area contributed by atoms with Gasteiger partial charge >= 0.3 is 0 Å². The Kier molecular flexibility index (Phi) is 9.23. The fourth-order valence-electron chi connectivity index (χ4n) is 2.44. The van der Waals surface area contributed by atoms with Gasteiger partial charge in [-0.2, -0.15) is 0 Å². The molecule has 2 N–H and O–H groups in total. The number of aliphatic imine (C=N–C) groups is 1. The number of hydrogen-bond donors (Lipinski definition) is 2. The van der Waals surface area contributed by atoms with Crippen LogP contribution in [0, 0.1) is 0 Å². The Bertz CT molecular complexity index is 413. The predicted octanol–water partition coefficient (Wildman–Crippen LogP) is 3.15. The van der Waals surface area contributed by atoms with E-state index in [9.17, 15) is 0 Å². The minimum absolute atomic E-state index is 0.